The van der Waals surface area contributed by atoms with E-state index in [9.17, 15) is 4.79 Å². The summed E-state index contributed by atoms with van der Waals surface area (Å²) in [5.41, 5.74) is 2.84. The second-order valence-electron chi connectivity index (χ2n) is 4.66. The van der Waals surface area contributed by atoms with Crippen LogP contribution in [0.2, 0.25) is 0 Å². The zero-order valence-corrected chi connectivity index (χ0v) is 11.4. The highest BCUT2D eigenvalue weighted by atomic mass is 35.5. The summed E-state index contributed by atoms with van der Waals surface area (Å²) < 4.78 is 0. The molecule has 0 saturated carbocycles. The number of para-hydroxylation sites is 1. The molecule has 4 nitrogen and oxygen atoms in total. The van der Waals surface area contributed by atoms with Gasteiger partial charge in [0.2, 0.25) is 5.91 Å². The van der Waals surface area contributed by atoms with Crippen molar-refractivity contribution in [2.24, 2.45) is 0 Å². The number of pyridine rings is 1. The van der Waals surface area contributed by atoms with E-state index >= 15 is 0 Å². The molecule has 0 spiro atoms. The van der Waals surface area contributed by atoms with E-state index < -0.39 is 0 Å². The lowest BCUT2D eigenvalue weighted by Crippen LogP contribution is -2.15. The summed E-state index contributed by atoms with van der Waals surface area (Å²) in [6.45, 7) is 0.919. The van der Waals surface area contributed by atoms with Gasteiger partial charge >= 0.3 is 0 Å². The Kier molecular flexibility index (Phi) is 3.03. The second kappa shape index (κ2) is 4.70. The van der Waals surface area contributed by atoms with E-state index in [1.165, 1.54) is 0 Å². The molecule has 1 aliphatic heterocycles. The Hall–Kier alpha value is -1.81. The van der Waals surface area contributed by atoms with Gasteiger partial charge in [-0.2, -0.15) is 0 Å². The molecule has 1 N–H and O–H groups in total. The third kappa shape index (κ3) is 2.02. The third-order valence-corrected chi connectivity index (χ3v) is 3.66. The van der Waals surface area contributed by atoms with E-state index in [0.717, 1.165) is 40.9 Å². The van der Waals surface area contributed by atoms with Gasteiger partial charge in [0.1, 0.15) is 11.7 Å². The van der Waals surface area contributed by atoms with Crippen LogP contribution in [-0.2, 0) is 11.2 Å². The number of nitrogens with one attached hydrogen (secondary N) is 1. The Morgan fingerprint density at radius 3 is 3.05 bits per heavy atom. The number of alkyl halides is 1. The number of hydrogen-bond acceptors (Lipinski definition) is 3. The first kappa shape index (κ1) is 12.2. The van der Waals surface area contributed by atoms with Crippen molar-refractivity contribution in [3.8, 4) is 0 Å². The summed E-state index contributed by atoms with van der Waals surface area (Å²) in [5, 5.41) is 3.89. The number of amides is 1. The molecule has 1 amide bonds. The molecule has 0 unspecified atom stereocenters. The van der Waals surface area contributed by atoms with Crippen LogP contribution in [0.5, 0.6) is 0 Å². The highest BCUT2D eigenvalue weighted by molar-refractivity contribution is 6.29. The fourth-order valence-electron chi connectivity index (χ4n) is 2.49. The number of aromatic nitrogens is 1. The van der Waals surface area contributed by atoms with Crippen LogP contribution in [0.4, 0.5) is 11.5 Å². The summed E-state index contributed by atoms with van der Waals surface area (Å²) in [4.78, 5) is 18.4. The minimum atomic E-state index is -0.185. The zero-order valence-electron chi connectivity index (χ0n) is 10.6. The van der Waals surface area contributed by atoms with Crippen molar-refractivity contribution in [3.63, 3.8) is 0 Å². The fourth-order valence-corrected chi connectivity index (χ4v) is 2.56. The predicted octanol–water partition coefficient (Wildman–Crippen LogP) is 2.40. The lowest BCUT2D eigenvalue weighted by Gasteiger charge is -2.15. The molecule has 2 aromatic rings. The maximum atomic E-state index is 11.6. The van der Waals surface area contributed by atoms with E-state index in [1.807, 2.05) is 31.3 Å². The number of halogens is 1. The Morgan fingerprint density at radius 2 is 2.26 bits per heavy atom. The van der Waals surface area contributed by atoms with E-state index in [4.69, 9.17) is 11.6 Å². The Bertz CT molecular complexity index is 656. The standard InChI is InChI=1S/C14H14ClN3O/c1-18-7-6-10-13(17-12(19)8-15)9-4-2-3-5-11(9)16-14(10)18/h2-5H,6-8H2,1H3,(H,16,17,19). The first-order valence-electron chi connectivity index (χ1n) is 6.19. The minimum absolute atomic E-state index is 0.0404. The number of hydrogen-bond donors (Lipinski definition) is 1. The SMILES string of the molecule is CN1CCc2c1nc1ccccc1c2NC(=O)CCl. The van der Waals surface area contributed by atoms with Gasteiger partial charge in [-0.1, -0.05) is 18.2 Å². The van der Waals surface area contributed by atoms with Gasteiger partial charge in [-0.15, -0.1) is 11.6 Å². The number of anilines is 2. The third-order valence-electron chi connectivity index (χ3n) is 3.42. The van der Waals surface area contributed by atoms with Crippen LogP contribution in [0.15, 0.2) is 24.3 Å². The molecule has 0 atom stereocenters. The van der Waals surface area contributed by atoms with Gasteiger partial charge in [-0.25, -0.2) is 4.98 Å². The van der Waals surface area contributed by atoms with Gasteiger partial charge in [0.05, 0.1) is 11.2 Å². The number of benzene rings is 1. The molecule has 0 fully saturated rings. The van der Waals surface area contributed by atoms with Crippen LogP contribution >= 0.6 is 11.6 Å². The highest BCUT2D eigenvalue weighted by Gasteiger charge is 2.23. The topological polar surface area (TPSA) is 45.2 Å². The van der Waals surface area contributed by atoms with E-state index in [1.54, 1.807) is 0 Å². The number of likely N-dealkylation sites (N-methyl/N-ethyl adjacent to an activating group) is 1. The summed E-state index contributed by atoms with van der Waals surface area (Å²) in [7, 11) is 2.01. The smallest absolute Gasteiger partial charge is 0.239 e. The van der Waals surface area contributed by atoms with Crippen molar-refractivity contribution in [2.45, 2.75) is 6.42 Å². The van der Waals surface area contributed by atoms with Crippen LogP contribution in [0.1, 0.15) is 5.56 Å². The molecular formula is C14H14ClN3O. The van der Waals surface area contributed by atoms with E-state index in [2.05, 4.69) is 15.2 Å². The van der Waals surface area contributed by atoms with Crippen LogP contribution in [-0.4, -0.2) is 30.4 Å². The maximum Gasteiger partial charge on any atom is 0.239 e. The molecular weight excluding hydrogens is 262 g/mol. The van der Waals surface area contributed by atoms with Crippen molar-refractivity contribution in [1.29, 1.82) is 0 Å². The molecule has 1 aromatic heterocycles. The lowest BCUT2D eigenvalue weighted by molar-refractivity contribution is -0.113. The molecule has 1 aromatic carbocycles. The van der Waals surface area contributed by atoms with Crippen molar-refractivity contribution < 1.29 is 4.79 Å². The number of carbonyl (C=O) groups excluding carboxylic acids is 1. The average molecular weight is 276 g/mol. The molecule has 98 valence electrons. The first-order valence-corrected chi connectivity index (χ1v) is 6.72. The highest BCUT2D eigenvalue weighted by Crippen LogP contribution is 2.36. The summed E-state index contributed by atoms with van der Waals surface area (Å²) in [5.74, 6) is 0.722. The van der Waals surface area contributed by atoms with Crippen molar-refractivity contribution in [2.75, 3.05) is 29.7 Å². The molecule has 2 heterocycles. The molecule has 1 aliphatic rings. The van der Waals surface area contributed by atoms with E-state index in [-0.39, 0.29) is 11.8 Å². The molecule has 3 rings (SSSR count). The summed E-state index contributed by atoms with van der Waals surface area (Å²) >= 11 is 5.59. The van der Waals surface area contributed by atoms with Gasteiger partial charge in [0, 0.05) is 24.5 Å². The van der Waals surface area contributed by atoms with Crippen LogP contribution < -0.4 is 10.2 Å². The molecule has 0 aliphatic carbocycles. The Morgan fingerprint density at radius 1 is 1.47 bits per heavy atom. The number of rotatable bonds is 2. The molecule has 19 heavy (non-hydrogen) atoms. The van der Waals surface area contributed by atoms with Crippen molar-refractivity contribution >= 4 is 39.9 Å². The Labute approximate surface area is 116 Å². The van der Waals surface area contributed by atoms with Crippen molar-refractivity contribution in [3.05, 3.63) is 29.8 Å². The Balaban J connectivity index is 2.24. The number of carbonyl (C=O) groups is 1. The number of nitrogens with zero attached hydrogens (tertiary/aromatic N) is 2. The van der Waals surface area contributed by atoms with Crippen LogP contribution in [0, 0.1) is 0 Å². The van der Waals surface area contributed by atoms with Gasteiger partial charge in [-0.3, -0.25) is 4.79 Å². The van der Waals surface area contributed by atoms with Crippen LogP contribution in [0.3, 0.4) is 0 Å². The lowest BCUT2D eigenvalue weighted by atomic mass is 10.1. The quantitative estimate of drug-likeness (QED) is 0.856. The van der Waals surface area contributed by atoms with Gasteiger partial charge in [0.25, 0.3) is 0 Å². The normalized spacial score (nSPS) is 13.7. The summed E-state index contributed by atoms with van der Waals surface area (Å²) in [6.07, 6.45) is 0.890. The molecule has 0 radical (unpaired) electrons. The maximum absolute atomic E-state index is 11.6. The largest absolute Gasteiger partial charge is 0.359 e. The van der Waals surface area contributed by atoms with Gasteiger partial charge < -0.3 is 10.2 Å². The second-order valence-corrected chi connectivity index (χ2v) is 4.93. The molecule has 0 bridgehead atoms. The van der Waals surface area contributed by atoms with Gasteiger partial charge in [0.15, 0.2) is 0 Å². The first-order chi connectivity index (χ1) is 9.20. The molecule has 0 saturated heterocycles. The van der Waals surface area contributed by atoms with E-state index in [0.29, 0.717) is 0 Å². The van der Waals surface area contributed by atoms with Crippen molar-refractivity contribution in [1.82, 2.24) is 4.98 Å². The molecule has 5 heteroatoms. The summed E-state index contributed by atoms with van der Waals surface area (Å²) in [6, 6.07) is 7.83. The fraction of sp³-hybridized carbons (Fsp3) is 0.286. The monoisotopic (exact) mass is 275 g/mol. The minimum Gasteiger partial charge on any atom is -0.359 e. The zero-order chi connectivity index (χ0) is 13.4. The number of fused-ring (bicyclic) bond motifs is 2. The predicted molar refractivity (Wildman–Crippen MR) is 78.1 cm³/mol. The average Bonchev–Trinajstić information content (AvgIpc) is 2.80. The van der Waals surface area contributed by atoms with Gasteiger partial charge in [-0.05, 0) is 12.5 Å². The van der Waals surface area contributed by atoms with Crippen LogP contribution in [0.25, 0.3) is 10.9 Å².